The summed E-state index contributed by atoms with van der Waals surface area (Å²) in [6.45, 7) is 12.8. The molecule has 48 heavy (non-hydrogen) atoms. The van der Waals surface area contributed by atoms with Crippen molar-refractivity contribution in [3.8, 4) is 5.75 Å². The van der Waals surface area contributed by atoms with Crippen LogP contribution in [0.15, 0.2) is 65.3 Å². The molecule has 0 unspecified atom stereocenters. The molecule has 0 atom stereocenters. The van der Waals surface area contributed by atoms with Gasteiger partial charge in [0.2, 0.25) is 0 Å². The Morgan fingerprint density at radius 2 is 1.31 bits per heavy atom. The Morgan fingerprint density at radius 1 is 0.729 bits per heavy atom. The van der Waals surface area contributed by atoms with E-state index in [1.54, 1.807) is 24.3 Å². The van der Waals surface area contributed by atoms with Crippen molar-refractivity contribution in [3.05, 3.63) is 76.4 Å². The van der Waals surface area contributed by atoms with Crippen molar-refractivity contribution in [1.29, 1.82) is 0 Å². The number of hydrogen-bond acceptors (Lipinski definition) is 9. The molecule has 0 spiro atoms. The van der Waals surface area contributed by atoms with E-state index in [2.05, 4.69) is 37.5 Å². The summed E-state index contributed by atoms with van der Waals surface area (Å²) in [6.07, 6.45) is 5.93. The van der Waals surface area contributed by atoms with Crippen LogP contribution in [0.5, 0.6) is 5.75 Å². The fourth-order valence-corrected chi connectivity index (χ4v) is 5.62. The summed E-state index contributed by atoms with van der Waals surface area (Å²) in [5.74, 6) is -1.15. The van der Waals surface area contributed by atoms with Gasteiger partial charge < -0.3 is 24.0 Å². The number of esters is 2. The number of ether oxygens (including phenoxy) is 3. The van der Waals surface area contributed by atoms with Crippen LogP contribution in [0.2, 0.25) is 0 Å². The predicted octanol–water partition coefficient (Wildman–Crippen LogP) is 7.36. The van der Waals surface area contributed by atoms with Crippen LogP contribution in [0.3, 0.4) is 0 Å². The van der Waals surface area contributed by atoms with E-state index in [0.29, 0.717) is 30.3 Å². The van der Waals surface area contributed by atoms with E-state index < -0.39 is 36.7 Å². The Labute approximate surface area is 289 Å². The summed E-state index contributed by atoms with van der Waals surface area (Å²) in [4.78, 5) is 56.7. The maximum Gasteiger partial charge on any atom is 0.338 e. The highest BCUT2D eigenvalue weighted by Crippen LogP contribution is 2.31. The van der Waals surface area contributed by atoms with Gasteiger partial charge in [-0.2, -0.15) is 0 Å². The Bertz CT molecular complexity index is 1470. The second-order valence-electron chi connectivity index (χ2n) is 11.7. The molecule has 10 heteroatoms. The Hall–Kier alpha value is -4.11. The summed E-state index contributed by atoms with van der Waals surface area (Å²) in [5.41, 5.74) is 2.59. The lowest BCUT2D eigenvalue weighted by molar-refractivity contribution is -0.116. The van der Waals surface area contributed by atoms with Crippen LogP contribution in [0, 0.1) is 0 Å². The number of nitrogens with zero attached hydrogens (tertiary/aromatic N) is 2. The van der Waals surface area contributed by atoms with E-state index in [9.17, 15) is 19.2 Å². The van der Waals surface area contributed by atoms with E-state index in [1.165, 1.54) is 13.0 Å². The zero-order chi connectivity index (χ0) is 35.1. The third kappa shape index (κ3) is 10.4. The van der Waals surface area contributed by atoms with Crippen molar-refractivity contribution in [2.24, 2.45) is 0 Å². The predicted molar refractivity (Wildman–Crippen MR) is 191 cm³/mol. The van der Waals surface area contributed by atoms with Gasteiger partial charge in [-0.3, -0.25) is 9.59 Å². The topological polar surface area (TPSA) is 102 Å². The van der Waals surface area contributed by atoms with Gasteiger partial charge in [0.05, 0.1) is 23.4 Å². The molecule has 2 aromatic carbocycles. The molecule has 260 valence electrons. The number of ketones is 2. The number of carbonyl (C=O) groups excluding carboxylic acids is 4. The molecule has 0 bridgehead atoms. The molecule has 0 saturated carbocycles. The van der Waals surface area contributed by atoms with E-state index in [4.69, 9.17) is 25.8 Å². The number of allylic oxidation sites excluding steroid dienone is 2. The van der Waals surface area contributed by atoms with Crippen molar-refractivity contribution >= 4 is 46.5 Å². The van der Waals surface area contributed by atoms with Crippen molar-refractivity contribution < 1.29 is 33.4 Å². The maximum atomic E-state index is 13.2. The Balaban J connectivity index is 1.78. The van der Waals surface area contributed by atoms with Gasteiger partial charge in [-0.05, 0) is 81.1 Å². The zero-order valence-electron chi connectivity index (χ0n) is 28.9. The molecule has 0 fully saturated rings. The van der Waals surface area contributed by atoms with Crippen molar-refractivity contribution in [2.75, 3.05) is 61.7 Å². The summed E-state index contributed by atoms with van der Waals surface area (Å²) in [7, 11) is 0. The molecular formula is C38H49ClN2O7. The first-order chi connectivity index (χ1) is 23.2. The number of Topliss-reactive ketones (excluding diaryl/α,β-unsaturated/α-hetero) is 1. The fraction of sp³-hybridized carbons (Fsp3) is 0.474. The van der Waals surface area contributed by atoms with Gasteiger partial charge in [0.15, 0.2) is 11.6 Å². The van der Waals surface area contributed by atoms with Gasteiger partial charge in [-0.1, -0.05) is 34.1 Å². The number of rotatable bonds is 20. The summed E-state index contributed by atoms with van der Waals surface area (Å²) in [5, 5.41) is 0. The van der Waals surface area contributed by atoms with Crippen molar-refractivity contribution in [3.63, 3.8) is 0 Å². The monoisotopic (exact) mass is 680 g/mol. The molecule has 0 amide bonds. The number of carbonyl (C=O) groups is 4. The van der Waals surface area contributed by atoms with Crippen LogP contribution in [0.4, 0.5) is 11.4 Å². The number of halogens is 1. The first-order valence-corrected chi connectivity index (χ1v) is 17.5. The molecule has 3 rings (SSSR count). The number of unbranched alkanes of at least 4 members (excludes halogenated alkanes) is 1. The van der Waals surface area contributed by atoms with E-state index in [0.717, 1.165) is 63.1 Å². The average molecular weight is 681 g/mol. The largest absolute Gasteiger partial charge is 0.491 e. The standard InChI is InChI=1S/C38H49ClN2O7/c1-6-10-22-46-35-24-29(13-16-33(35)41(19-8-3)20-9-4)38(45)47-25-31-32(36(43)27(5)23-34(31)42)26-48-37(44)28-11-14-30(15-12-28)40(18-7-2)21-17-39/h11-16,23-24H,6-10,17-22,25-26H2,1-5H3. The molecule has 0 saturated heterocycles. The molecule has 0 aliphatic heterocycles. The van der Waals surface area contributed by atoms with E-state index in [-0.39, 0.29) is 22.3 Å². The Morgan fingerprint density at radius 3 is 1.92 bits per heavy atom. The first kappa shape index (κ1) is 38.3. The average Bonchev–Trinajstić information content (AvgIpc) is 3.08. The molecule has 9 nitrogen and oxygen atoms in total. The molecule has 0 heterocycles. The van der Waals surface area contributed by atoms with Crippen LogP contribution in [-0.2, 0) is 19.1 Å². The minimum Gasteiger partial charge on any atom is -0.491 e. The van der Waals surface area contributed by atoms with Crippen molar-refractivity contribution in [1.82, 2.24) is 0 Å². The SMILES string of the molecule is CCCCOc1cc(C(=O)OCC2=C(COC(=O)c3ccc(N(CCC)CCCl)cc3)C(=O)C(C)=CC2=O)ccc1N(CCC)CCC. The summed E-state index contributed by atoms with van der Waals surface area (Å²) in [6, 6.07) is 12.2. The molecule has 0 radical (unpaired) electrons. The minimum absolute atomic E-state index is 0.0114. The van der Waals surface area contributed by atoms with Crippen LogP contribution in [0.25, 0.3) is 0 Å². The number of hydrogen-bond donors (Lipinski definition) is 0. The third-order valence-corrected chi connectivity index (χ3v) is 8.10. The molecule has 2 aromatic rings. The highest BCUT2D eigenvalue weighted by atomic mass is 35.5. The first-order valence-electron chi connectivity index (χ1n) is 16.9. The lowest BCUT2D eigenvalue weighted by atomic mass is 9.91. The number of benzene rings is 2. The van der Waals surface area contributed by atoms with Crippen molar-refractivity contribution in [2.45, 2.75) is 66.7 Å². The minimum atomic E-state index is -0.666. The highest BCUT2D eigenvalue weighted by Gasteiger charge is 2.29. The molecule has 0 aromatic heterocycles. The summed E-state index contributed by atoms with van der Waals surface area (Å²) >= 11 is 5.95. The van der Waals surface area contributed by atoms with Crippen LogP contribution in [0.1, 0.15) is 87.4 Å². The summed E-state index contributed by atoms with van der Waals surface area (Å²) < 4.78 is 17.2. The molecular weight excluding hydrogens is 632 g/mol. The quantitative estimate of drug-likeness (QED) is 0.0614. The van der Waals surface area contributed by atoms with Gasteiger partial charge in [0, 0.05) is 54.5 Å². The van der Waals surface area contributed by atoms with Crippen LogP contribution in [-0.4, -0.2) is 75.4 Å². The van der Waals surface area contributed by atoms with Gasteiger partial charge >= 0.3 is 11.9 Å². The smallest absolute Gasteiger partial charge is 0.338 e. The van der Waals surface area contributed by atoms with Gasteiger partial charge in [-0.25, -0.2) is 9.59 Å². The van der Waals surface area contributed by atoms with Crippen LogP contribution >= 0.6 is 11.6 Å². The van der Waals surface area contributed by atoms with Gasteiger partial charge in [0.1, 0.15) is 19.0 Å². The van der Waals surface area contributed by atoms with E-state index in [1.807, 2.05) is 18.2 Å². The third-order valence-electron chi connectivity index (χ3n) is 7.93. The maximum absolute atomic E-state index is 13.2. The second kappa shape index (κ2) is 19.6. The fourth-order valence-electron chi connectivity index (χ4n) is 5.41. The lowest BCUT2D eigenvalue weighted by Gasteiger charge is -2.26. The zero-order valence-corrected chi connectivity index (χ0v) is 29.7. The molecule has 1 aliphatic rings. The number of alkyl halides is 1. The highest BCUT2D eigenvalue weighted by molar-refractivity contribution is 6.23. The second-order valence-corrected chi connectivity index (χ2v) is 12.1. The lowest BCUT2D eigenvalue weighted by Crippen LogP contribution is -2.26. The van der Waals surface area contributed by atoms with Crippen LogP contribution < -0.4 is 14.5 Å². The number of anilines is 2. The molecule has 1 aliphatic carbocycles. The van der Waals surface area contributed by atoms with Gasteiger partial charge in [0.25, 0.3) is 0 Å². The van der Waals surface area contributed by atoms with E-state index >= 15 is 0 Å². The Kier molecular flexibility index (Phi) is 15.7. The normalized spacial score (nSPS) is 12.9. The van der Waals surface area contributed by atoms with Gasteiger partial charge in [-0.15, -0.1) is 11.6 Å². The molecule has 0 N–H and O–H groups in total.